The van der Waals surface area contributed by atoms with Crippen LogP contribution in [-0.4, -0.2) is 14.7 Å². The van der Waals surface area contributed by atoms with E-state index in [4.69, 9.17) is 0 Å². The van der Waals surface area contributed by atoms with Crippen molar-refractivity contribution in [1.82, 2.24) is 9.55 Å². The SMILES string of the molecule is CC(C)n1c(-c2cc(F)ccc2O)nc2cc(F)ccc21. The lowest BCUT2D eigenvalue weighted by Crippen LogP contribution is -2.03. The average Bonchev–Trinajstić information content (AvgIpc) is 2.79. The van der Waals surface area contributed by atoms with Gasteiger partial charge in [-0.3, -0.25) is 0 Å². The van der Waals surface area contributed by atoms with Crippen LogP contribution >= 0.6 is 0 Å². The summed E-state index contributed by atoms with van der Waals surface area (Å²) in [5.74, 6) is -0.487. The molecule has 3 rings (SSSR count). The first-order valence-electron chi connectivity index (χ1n) is 6.63. The van der Waals surface area contributed by atoms with Gasteiger partial charge >= 0.3 is 0 Å². The summed E-state index contributed by atoms with van der Waals surface area (Å²) in [6.07, 6.45) is 0. The topological polar surface area (TPSA) is 38.0 Å². The van der Waals surface area contributed by atoms with E-state index >= 15 is 0 Å². The Bertz CT molecular complexity index is 825. The van der Waals surface area contributed by atoms with E-state index in [0.717, 1.165) is 5.52 Å². The fourth-order valence-electron chi connectivity index (χ4n) is 2.47. The zero-order valence-corrected chi connectivity index (χ0v) is 11.6. The van der Waals surface area contributed by atoms with E-state index in [0.29, 0.717) is 16.9 Å². The maximum absolute atomic E-state index is 13.5. The van der Waals surface area contributed by atoms with E-state index in [1.54, 1.807) is 6.07 Å². The van der Waals surface area contributed by atoms with Crippen LogP contribution in [0.2, 0.25) is 0 Å². The van der Waals surface area contributed by atoms with Crippen molar-refractivity contribution >= 4 is 11.0 Å². The molecule has 1 N–H and O–H groups in total. The van der Waals surface area contributed by atoms with Gasteiger partial charge in [0.25, 0.3) is 0 Å². The smallest absolute Gasteiger partial charge is 0.145 e. The minimum atomic E-state index is -0.462. The molecule has 0 unspecified atom stereocenters. The quantitative estimate of drug-likeness (QED) is 0.764. The molecule has 1 heterocycles. The molecule has 0 radical (unpaired) electrons. The minimum absolute atomic E-state index is 0.0260. The van der Waals surface area contributed by atoms with Crippen molar-refractivity contribution in [2.45, 2.75) is 19.9 Å². The van der Waals surface area contributed by atoms with Gasteiger partial charge in [-0.2, -0.15) is 0 Å². The molecule has 0 atom stereocenters. The molecule has 0 aliphatic heterocycles. The number of halogens is 2. The lowest BCUT2D eigenvalue weighted by atomic mass is 10.1. The highest BCUT2D eigenvalue weighted by Crippen LogP contribution is 2.34. The number of hydrogen-bond donors (Lipinski definition) is 1. The zero-order valence-electron chi connectivity index (χ0n) is 11.6. The number of benzene rings is 2. The van der Waals surface area contributed by atoms with Crippen molar-refractivity contribution in [1.29, 1.82) is 0 Å². The summed E-state index contributed by atoms with van der Waals surface area (Å²) in [6.45, 7) is 3.90. The summed E-state index contributed by atoms with van der Waals surface area (Å²) in [4.78, 5) is 4.36. The van der Waals surface area contributed by atoms with Gasteiger partial charge in [0.15, 0.2) is 0 Å². The second-order valence-electron chi connectivity index (χ2n) is 5.19. The lowest BCUT2D eigenvalue weighted by molar-refractivity contribution is 0.474. The summed E-state index contributed by atoms with van der Waals surface area (Å²) in [6, 6.07) is 8.05. The molecule has 0 bridgehead atoms. The highest BCUT2D eigenvalue weighted by Gasteiger charge is 2.18. The normalized spacial score (nSPS) is 11.5. The Morgan fingerprint density at radius 2 is 1.71 bits per heavy atom. The molecule has 3 aromatic rings. The number of nitrogens with zero attached hydrogens (tertiary/aromatic N) is 2. The van der Waals surface area contributed by atoms with E-state index in [1.165, 1.54) is 30.3 Å². The number of imidazole rings is 1. The molecular weight excluding hydrogens is 274 g/mol. The Morgan fingerprint density at radius 1 is 1.05 bits per heavy atom. The van der Waals surface area contributed by atoms with Gasteiger partial charge in [-0.15, -0.1) is 0 Å². The van der Waals surface area contributed by atoms with Crippen molar-refractivity contribution in [2.75, 3.05) is 0 Å². The van der Waals surface area contributed by atoms with Crippen LogP contribution in [-0.2, 0) is 0 Å². The van der Waals surface area contributed by atoms with Crippen LogP contribution in [0.4, 0.5) is 8.78 Å². The predicted octanol–water partition coefficient (Wildman–Crippen LogP) is 4.27. The summed E-state index contributed by atoms with van der Waals surface area (Å²) in [5, 5.41) is 9.98. The highest BCUT2D eigenvalue weighted by atomic mass is 19.1. The maximum atomic E-state index is 13.5. The van der Waals surface area contributed by atoms with E-state index in [9.17, 15) is 13.9 Å². The fraction of sp³-hybridized carbons (Fsp3) is 0.188. The van der Waals surface area contributed by atoms with E-state index < -0.39 is 5.82 Å². The molecule has 0 aliphatic carbocycles. The summed E-state index contributed by atoms with van der Waals surface area (Å²) in [5.41, 5.74) is 1.51. The molecule has 5 heteroatoms. The summed E-state index contributed by atoms with van der Waals surface area (Å²) < 4.78 is 28.7. The number of phenols is 1. The van der Waals surface area contributed by atoms with Crippen LogP contribution in [0, 0.1) is 11.6 Å². The van der Waals surface area contributed by atoms with Crippen molar-refractivity contribution in [3.05, 3.63) is 48.0 Å². The molecular formula is C16H14F2N2O. The zero-order chi connectivity index (χ0) is 15.1. The van der Waals surface area contributed by atoms with Crippen molar-refractivity contribution < 1.29 is 13.9 Å². The number of aromatic nitrogens is 2. The molecule has 0 spiro atoms. The third kappa shape index (κ3) is 2.24. The summed E-state index contributed by atoms with van der Waals surface area (Å²) >= 11 is 0. The second-order valence-corrected chi connectivity index (χ2v) is 5.19. The number of aromatic hydroxyl groups is 1. The van der Waals surface area contributed by atoms with Gasteiger partial charge in [0, 0.05) is 12.1 Å². The Hall–Kier alpha value is -2.43. The van der Waals surface area contributed by atoms with Gasteiger partial charge in [-0.25, -0.2) is 13.8 Å². The van der Waals surface area contributed by atoms with Gasteiger partial charge in [0.2, 0.25) is 0 Å². The number of phenolic OH excluding ortho intramolecular Hbond substituents is 1. The van der Waals surface area contributed by atoms with E-state index in [1.807, 2.05) is 18.4 Å². The third-order valence-corrected chi connectivity index (χ3v) is 3.37. The van der Waals surface area contributed by atoms with Gasteiger partial charge < -0.3 is 9.67 Å². The van der Waals surface area contributed by atoms with Crippen LogP contribution in [0.25, 0.3) is 22.4 Å². The number of fused-ring (bicyclic) bond motifs is 1. The van der Waals surface area contributed by atoms with Crippen molar-refractivity contribution in [3.8, 4) is 17.1 Å². The molecule has 0 fully saturated rings. The Kier molecular flexibility index (Phi) is 3.12. The van der Waals surface area contributed by atoms with Gasteiger partial charge in [0.05, 0.1) is 16.6 Å². The van der Waals surface area contributed by atoms with Crippen LogP contribution in [0.3, 0.4) is 0 Å². The van der Waals surface area contributed by atoms with Crippen LogP contribution in [0.5, 0.6) is 5.75 Å². The highest BCUT2D eigenvalue weighted by molar-refractivity contribution is 5.82. The average molecular weight is 288 g/mol. The molecule has 0 saturated heterocycles. The summed E-state index contributed by atoms with van der Waals surface area (Å²) in [7, 11) is 0. The first kappa shape index (κ1) is 13.5. The molecule has 2 aromatic carbocycles. The third-order valence-electron chi connectivity index (χ3n) is 3.37. The standard InChI is InChI=1S/C16H14F2N2O/c1-9(2)20-14-5-3-11(18)8-13(14)19-16(20)12-7-10(17)4-6-15(12)21/h3-9,21H,1-2H3. The number of hydrogen-bond acceptors (Lipinski definition) is 2. The first-order chi connectivity index (χ1) is 9.97. The molecule has 1 aromatic heterocycles. The van der Waals surface area contributed by atoms with E-state index in [2.05, 4.69) is 4.98 Å². The minimum Gasteiger partial charge on any atom is -0.507 e. The van der Waals surface area contributed by atoms with Gasteiger partial charge in [0.1, 0.15) is 23.2 Å². The van der Waals surface area contributed by atoms with E-state index in [-0.39, 0.29) is 17.6 Å². The fourth-order valence-corrected chi connectivity index (χ4v) is 2.47. The van der Waals surface area contributed by atoms with Crippen LogP contribution in [0.1, 0.15) is 19.9 Å². The predicted molar refractivity (Wildman–Crippen MR) is 77.1 cm³/mol. The van der Waals surface area contributed by atoms with Crippen LogP contribution in [0.15, 0.2) is 36.4 Å². The maximum Gasteiger partial charge on any atom is 0.145 e. The lowest BCUT2D eigenvalue weighted by Gasteiger charge is -2.14. The monoisotopic (exact) mass is 288 g/mol. The second kappa shape index (κ2) is 4.84. The number of rotatable bonds is 2. The molecule has 0 saturated carbocycles. The Morgan fingerprint density at radius 3 is 2.43 bits per heavy atom. The first-order valence-corrected chi connectivity index (χ1v) is 6.63. The Labute approximate surface area is 120 Å². The van der Waals surface area contributed by atoms with Gasteiger partial charge in [-0.1, -0.05) is 0 Å². The Balaban J connectivity index is 2.36. The van der Waals surface area contributed by atoms with Crippen molar-refractivity contribution in [2.24, 2.45) is 0 Å². The molecule has 0 amide bonds. The largest absolute Gasteiger partial charge is 0.507 e. The molecule has 3 nitrogen and oxygen atoms in total. The van der Waals surface area contributed by atoms with Crippen molar-refractivity contribution in [3.63, 3.8) is 0 Å². The van der Waals surface area contributed by atoms with Gasteiger partial charge in [-0.05, 0) is 44.2 Å². The molecule has 0 aliphatic rings. The molecule has 21 heavy (non-hydrogen) atoms. The molecule has 108 valence electrons. The van der Waals surface area contributed by atoms with Crippen LogP contribution < -0.4 is 0 Å².